The maximum atomic E-state index is 13.0. The van der Waals surface area contributed by atoms with Crippen LogP contribution in [0.25, 0.3) is 0 Å². The van der Waals surface area contributed by atoms with Crippen molar-refractivity contribution in [3.05, 3.63) is 64.4 Å². The first-order valence-electron chi connectivity index (χ1n) is 10.1. The van der Waals surface area contributed by atoms with E-state index in [0.29, 0.717) is 18.0 Å². The molecule has 1 aliphatic rings. The molecule has 1 aliphatic heterocycles. The third-order valence-corrected chi connectivity index (χ3v) is 5.38. The Labute approximate surface area is 181 Å². The number of hydrogen-bond acceptors (Lipinski definition) is 4. The maximum Gasteiger partial charge on any atom is 0.410 e. The van der Waals surface area contributed by atoms with Crippen LogP contribution < -0.4 is 0 Å². The van der Waals surface area contributed by atoms with Gasteiger partial charge in [0, 0.05) is 18.3 Å². The molecule has 2 aromatic rings. The van der Waals surface area contributed by atoms with Crippen molar-refractivity contribution in [2.24, 2.45) is 0 Å². The molecule has 0 saturated carbocycles. The van der Waals surface area contributed by atoms with Crippen LogP contribution in [0.2, 0.25) is 5.15 Å². The van der Waals surface area contributed by atoms with Gasteiger partial charge in [-0.15, -0.1) is 0 Å². The zero-order chi connectivity index (χ0) is 21.9. The monoisotopic (exact) mass is 430 g/mol. The van der Waals surface area contributed by atoms with E-state index in [4.69, 9.17) is 21.4 Å². The predicted octanol–water partition coefficient (Wildman–Crippen LogP) is 4.99. The summed E-state index contributed by atoms with van der Waals surface area (Å²) < 4.78 is 5.70. The lowest BCUT2D eigenvalue weighted by Crippen LogP contribution is -2.45. The van der Waals surface area contributed by atoms with Crippen molar-refractivity contribution in [1.82, 2.24) is 9.88 Å². The van der Waals surface area contributed by atoms with Crippen LogP contribution in [0.5, 0.6) is 0 Å². The summed E-state index contributed by atoms with van der Waals surface area (Å²) in [4.78, 5) is 30.1. The number of likely N-dealkylation sites (tertiary alicyclic amines) is 1. The Morgan fingerprint density at radius 3 is 2.13 bits per heavy atom. The standard InChI is InChI=1S/C23H27ClN2O4/c1-23(2,3)30-22(29)26-18(12-15-4-7-17(8-5-15)21(27)28)9-10-19(26)13-16-6-11-20(24)25-14-16/h4-8,11,14,18-19H,9-10,12-13H2,1-3H3,(H,27,28)/t18-,19+/m0/s1. The van der Waals surface area contributed by atoms with Crippen LogP contribution in [-0.4, -0.2) is 44.7 Å². The van der Waals surface area contributed by atoms with Crippen molar-refractivity contribution in [2.75, 3.05) is 0 Å². The highest BCUT2D eigenvalue weighted by Crippen LogP contribution is 2.31. The Kier molecular flexibility index (Phi) is 6.66. The van der Waals surface area contributed by atoms with E-state index in [2.05, 4.69) is 4.98 Å². The average molecular weight is 431 g/mol. The molecule has 0 unspecified atom stereocenters. The molecule has 0 radical (unpaired) electrons. The molecule has 160 valence electrons. The molecule has 1 saturated heterocycles. The summed E-state index contributed by atoms with van der Waals surface area (Å²) in [5.41, 5.74) is 1.68. The van der Waals surface area contributed by atoms with Crippen LogP contribution in [0.1, 0.15) is 55.1 Å². The number of pyridine rings is 1. The van der Waals surface area contributed by atoms with Crippen LogP contribution in [0.15, 0.2) is 42.6 Å². The van der Waals surface area contributed by atoms with Gasteiger partial charge in [-0.3, -0.25) is 0 Å². The lowest BCUT2D eigenvalue weighted by molar-refractivity contribution is 0.0146. The number of carbonyl (C=O) groups is 2. The Hall–Kier alpha value is -2.60. The fourth-order valence-corrected chi connectivity index (χ4v) is 3.94. The number of halogens is 1. The highest BCUT2D eigenvalue weighted by molar-refractivity contribution is 6.29. The third-order valence-electron chi connectivity index (χ3n) is 5.16. The number of rotatable bonds is 5. The molecule has 1 aromatic carbocycles. The number of amides is 1. The topological polar surface area (TPSA) is 79.7 Å². The molecule has 30 heavy (non-hydrogen) atoms. The van der Waals surface area contributed by atoms with E-state index < -0.39 is 11.6 Å². The Morgan fingerprint density at radius 1 is 1.07 bits per heavy atom. The van der Waals surface area contributed by atoms with E-state index in [1.165, 1.54) is 0 Å². The van der Waals surface area contributed by atoms with E-state index >= 15 is 0 Å². The summed E-state index contributed by atoms with van der Waals surface area (Å²) >= 11 is 5.89. The third kappa shape index (κ3) is 5.72. The van der Waals surface area contributed by atoms with E-state index in [0.717, 1.165) is 24.0 Å². The van der Waals surface area contributed by atoms with E-state index in [9.17, 15) is 9.59 Å². The minimum absolute atomic E-state index is 0.00567. The van der Waals surface area contributed by atoms with Gasteiger partial charge in [0.2, 0.25) is 0 Å². The molecule has 6 nitrogen and oxygen atoms in total. The van der Waals surface area contributed by atoms with Crippen LogP contribution in [0.4, 0.5) is 4.79 Å². The fraction of sp³-hybridized carbons (Fsp3) is 0.435. The first kappa shape index (κ1) is 22.1. The highest BCUT2D eigenvalue weighted by atomic mass is 35.5. The lowest BCUT2D eigenvalue weighted by Gasteiger charge is -2.33. The van der Waals surface area contributed by atoms with Gasteiger partial charge in [0.05, 0.1) is 5.56 Å². The maximum absolute atomic E-state index is 13.0. The van der Waals surface area contributed by atoms with Crippen LogP contribution in [0, 0.1) is 0 Å². The number of hydrogen-bond donors (Lipinski definition) is 1. The zero-order valence-corrected chi connectivity index (χ0v) is 18.2. The molecule has 0 bridgehead atoms. The van der Waals surface area contributed by atoms with E-state index in [1.54, 1.807) is 24.4 Å². The van der Waals surface area contributed by atoms with Gasteiger partial charge < -0.3 is 14.7 Å². The second-order valence-corrected chi connectivity index (χ2v) is 9.06. The number of aromatic nitrogens is 1. The van der Waals surface area contributed by atoms with Gasteiger partial charge in [-0.05, 0) is 75.8 Å². The van der Waals surface area contributed by atoms with E-state index in [1.807, 2.05) is 43.9 Å². The van der Waals surface area contributed by atoms with Crippen LogP contribution in [0.3, 0.4) is 0 Å². The number of carbonyl (C=O) groups excluding carboxylic acids is 1. The normalized spacial score (nSPS) is 19.0. The molecule has 2 heterocycles. The van der Waals surface area contributed by atoms with Gasteiger partial charge in [0.15, 0.2) is 0 Å². The number of carboxylic acid groups (broad SMARTS) is 1. The first-order chi connectivity index (χ1) is 14.1. The smallest absolute Gasteiger partial charge is 0.410 e. The second kappa shape index (κ2) is 9.04. The minimum atomic E-state index is -0.950. The lowest BCUT2D eigenvalue weighted by atomic mass is 10.0. The van der Waals surface area contributed by atoms with Gasteiger partial charge in [0.1, 0.15) is 10.8 Å². The molecule has 2 atom stereocenters. The van der Waals surface area contributed by atoms with Crippen molar-refractivity contribution in [2.45, 2.75) is 64.1 Å². The number of ether oxygens (including phenoxy) is 1. The van der Waals surface area contributed by atoms with Crippen molar-refractivity contribution in [3.8, 4) is 0 Å². The number of aromatic carboxylic acids is 1. The average Bonchev–Trinajstić information content (AvgIpc) is 3.05. The van der Waals surface area contributed by atoms with Crippen molar-refractivity contribution < 1.29 is 19.4 Å². The first-order valence-corrected chi connectivity index (χ1v) is 10.4. The minimum Gasteiger partial charge on any atom is -0.478 e. The van der Waals surface area contributed by atoms with Crippen LogP contribution in [-0.2, 0) is 17.6 Å². The molecule has 1 amide bonds. The molecule has 0 aliphatic carbocycles. The quantitative estimate of drug-likeness (QED) is 0.676. The summed E-state index contributed by atoms with van der Waals surface area (Å²) in [5, 5.41) is 9.53. The van der Waals surface area contributed by atoms with E-state index in [-0.39, 0.29) is 23.7 Å². The summed E-state index contributed by atoms with van der Waals surface area (Å²) in [5.74, 6) is -0.950. The molecular formula is C23H27ClN2O4. The molecule has 0 spiro atoms. The zero-order valence-electron chi connectivity index (χ0n) is 17.5. The van der Waals surface area contributed by atoms with Crippen LogP contribution >= 0.6 is 11.6 Å². The summed E-state index contributed by atoms with van der Waals surface area (Å²) in [7, 11) is 0. The summed E-state index contributed by atoms with van der Waals surface area (Å²) in [6.07, 6.45) is 4.46. The molecule has 7 heteroatoms. The molecular weight excluding hydrogens is 404 g/mol. The largest absolute Gasteiger partial charge is 0.478 e. The Morgan fingerprint density at radius 2 is 1.63 bits per heavy atom. The predicted molar refractivity (Wildman–Crippen MR) is 115 cm³/mol. The molecule has 1 fully saturated rings. The van der Waals surface area contributed by atoms with Crippen molar-refractivity contribution in [3.63, 3.8) is 0 Å². The Bertz CT molecular complexity index is 891. The van der Waals surface area contributed by atoms with Crippen molar-refractivity contribution >= 4 is 23.7 Å². The van der Waals surface area contributed by atoms with Gasteiger partial charge in [0.25, 0.3) is 0 Å². The SMILES string of the molecule is CC(C)(C)OC(=O)N1[C@@H](Cc2ccc(Cl)nc2)CC[C@H]1Cc1ccc(C(=O)O)cc1. The fourth-order valence-electron chi connectivity index (χ4n) is 3.83. The van der Waals surface area contributed by atoms with Gasteiger partial charge in [-0.1, -0.05) is 29.8 Å². The molecule has 1 aromatic heterocycles. The number of carboxylic acids is 1. The van der Waals surface area contributed by atoms with Gasteiger partial charge >= 0.3 is 12.1 Å². The van der Waals surface area contributed by atoms with Crippen molar-refractivity contribution in [1.29, 1.82) is 0 Å². The number of benzene rings is 1. The summed E-state index contributed by atoms with van der Waals surface area (Å²) in [6.45, 7) is 5.58. The molecule has 1 N–H and O–H groups in total. The highest BCUT2D eigenvalue weighted by Gasteiger charge is 2.39. The van der Waals surface area contributed by atoms with Gasteiger partial charge in [-0.2, -0.15) is 0 Å². The Balaban J connectivity index is 1.79. The number of nitrogens with zero attached hydrogens (tertiary/aromatic N) is 2. The van der Waals surface area contributed by atoms with Gasteiger partial charge in [-0.25, -0.2) is 14.6 Å². The summed E-state index contributed by atoms with van der Waals surface area (Å²) in [6, 6.07) is 10.5. The molecule has 3 rings (SSSR count). The second-order valence-electron chi connectivity index (χ2n) is 8.67.